The first-order valence-electron chi connectivity index (χ1n) is 10.6. The molecule has 0 aromatic carbocycles. The quantitative estimate of drug-likeness (QED) is 0.231. The van der Waals surface area contributed by atoms with E-state index in [1.54, 1.807) is 0 Å². The molecule has 4 nitrogen and oxygen atoms in total. The second-order valence-corrected chi connectivity index (χ2v) is 7.49. The van der Waals surface area contributed by atoms with Crippen LogP contribution in [0.4, 0.5) is 0 Å². The average Bonchev–Trinajstić information content (AvgIpc) is 2.60. The highest BCUT2D eigenvalue weighted by Crippen LogP contribution is 2.18. The maximum atomic E-state index is 11.1. The summed E-state index contributed by atoms with van der Waals surface area (Å²) in [5, 5.41) is 27.3. The van der Waals surface area contributed by atoms with Gasteiger partial charge in [0.1, 0.15) is 0 Å². The van der Waals surface area contributed by atoms with Crippen LogP contribution in [0.1, 0.15) is 110 Å². The van der Waals surface area contributed by atoms with Crippen molar-refractivity contribution in [1.29, 1.82) is 0 Å². The Labute approximate surface area is 165 Å². The molecular weight excluding hydrogens is 344 g/mol. The van der Waals surface area contributed by atoms with E-state index in [-0.39, 0.29) is 24.0 Å². The zero-order valence-corrected chi connectivity index (χ0v) is 16.4. The average molecular weight is 391 g/mol. The van der Waals surface area contributed by atoms with Crippen LogP contribution in [0.5, 0.6) is 0 Å². The molecule has 3 N–H and O–H groups in total. The molecule has 0 bridgehead atoms. The van der Waals surface area contributed by atoms with Gasteiger partial charge < -0.3 is 15.3 Å². The first kappa shape index (κ1) is 27.8. The molecule has 26 heavy (non-hydrogen) atoms. The molecule has 158 valence electrons. The molecule has 0 radical (unpaired) electrons. The third kappa shape index (κ3) is 18.4. The highest BCUT2D eigenvalue weighted by Gasteiger charge is 2.20. The molecule has 2 unspecified atom stereocenters. The summed E-state index contributed by atoms with van der Waals surface area (Å²) in [6, 6.07) is 0. The Bertz CT molecular complexity index is 300. The lowest BCUT2D eigenvalue weighted by molar-refractivity contribution is -0.143. The number of carboxylic acid groups (broad SMARTS) is 1. The SMILES string of the molecule is CCCCCCCCCCCCCCCCC(CC(O)CO)C(=O)O.[SiH4]. The molecule has 0 spiro atoms. The Morgan fingerprint density at radius 2 is 1.15 bits per heavy atom. The van der Waals surface area contributed by atoms with Gasteiger partial charge in [0.15, 0.2) is 0 Å². The molecule has 0 aliphatic carbocycles. The van der Waals surface area contributed by atoms with Crippen molar-refractivity contribution in [3.05, 3.63) is 0 Å². The second kappa shape index (κ2) is 20.9. The maximum Gasteiger partial charge on any atom is 0.306 e. The molecule has 0 aromatic heterocycles. The van der Waals surface area contributed by atoms with Crippen LogP contribution in [-0.4, -0.2) is 45.0 Å². The summed E-state index contributed by atoms with van der Waals surface area (Å²) < 4.78 is 0. The number of hydrogen-bond acceptors (Lipinski definition) is 3. The standard InChI is InChI=1S/C21H42O4.H4Si/c1-2-3-4-5-6-7-8-9-10-11-12-13-14-15-16-19(21(24)25)17-20(23)18-22;/h19-20,22-23H,2-18H2,1H3,(H,24,25);1H4. The summed E-state index contributed by atoms with van der Waals surface area (Å²) in [6.45, 7) is 1.90. The van der Waals surface area contributed by atoms with Crippen molar-refractivity contribution >= 4 is 16.9 Å². The lowest BCUT2D eigenvalue weighted by Gasteiger charge is -2.15. The molecular formula is C21H46O4Si. The van der Waals surface area contributed by atoms with Gasteiger partial charge in [-0.1, -0.05) is 96.8 Å². The topological polar surface area (TPSA) is 77.8 Å². The van der Waals surface area contributed by atoms with E-state index in [4.69, 9.17) is 10.2 Å². The lowest BCUT2D eigenvalue weighted by atomic mass is 9.94. The first-order chi connectivity index (χ1) is 12.1. The van der Waals surface area contributed by atoms with Crippen molar-refractivity contribution in [3.8, 4) is 0 Å². The van der Waals surface area contributed by atoms with Crippen LogP contribution in [0.2, 0.25) is 0 Å². The fourth-order valence-electron chi connectivity index (χ4n) is 3.33. The van der Waals surface area contributed by atoms with E-state index in [1.165, 1.54) is 77.0 Å². The summed E-state index contributed by atoms with van der Waals surface area (Å²) in [6.07, 6.45) is 17.9. The van der Waals surface area contributed by atoms with Gasteiger partial charge in [0.2, 0.25) is 0 Å². The van der Waals surface area contributed by atoms with Gasteiger partial charge in [0, 0.05) is 0 Å². The smallest absolute Gasteiger partial charge is 0.306 e. The number of carbonyl (C=O) groups is 1. The van der Waals surface area contributed by atoms with Crippen LogP contribution in [0, 0.1) is 5.92 Å². The minimum atomic E-state index is -0.909. The van der Waals surface area contributed by atoms with Gasteiger partial charge >= 0.3 is 5.97 Å². The van der Waals surface area contributed by atoms with Gasteiger partial charge in [-0.2, -0.15) is 0 Å². The molecule has 0 saturated carbocycles. The molecule has 2 atom stereocenters. The summed E-state index contributed by atoms with van der Waals surface area (Å²) in [5.74, 6) is -1.39. The van der Waals surface area contributed by atoms with E-state index in [9.17, 15) is 9.90 Å². The molecule has 0 aliphatic rings. The normalized spacial score (nSPS) is 13.2. The number of aliphatic carboxylic acids is 1. The Hall–Kier alpha value is -0.393. The number of hydrogen-bond donors (Lipinski definition) is 3. The van der Waals surface area contributed by atoms with Gasteiger partial charge in [0.05, 0.1) is 18.6 Å². The fourth-order valence-corrected chi connectivity index (χ4v) is 3.33. The van der Waals surface area contributed by atoms with Gasteiger partial charge in [-0.3, -0.25) is 4.79 Å². The number of aliphatic hydroxyl groups is 2. The van der Waals surface area contributed by atoms with Crippen LogP contribution in [-0.2, 0) is 4.79 Å². The summed E-state index contributed by atoms with van der Waals surface area (Å²) in [5.41, 5.74) is 0. The van der Waals surface area contributed by atoms with E-state index in [0.717, 1.165) is 12.8 Å². The van der Waals surface area contributed by atoms with Gasteiger partial charge in [-0.25, -0.2) is 0 Å². The van der Waals surface area contributed by atoms with E-state index >= 15 is 0 Å². The zero-order chi connectivity index (χ0) is 18.8. The molecule has 0 aliphatic heterocycles. The highest BCUT2D eigenvalue weighted by molar-refractivity contribution is 5.75. The minimum absolute atomic E-state index is 0. The summed E-state index contributed by atoms with van der Waals surface area (Å²) in [4.78, 5) is 11.1. The fraction of sp³-hybridized carbons (Fsp3) is 0.952. The monoisotopic (exact) mass is 390 g/mol. The molecule has 5 heteroatoms. The van der Waals surface area contributed by atoms with Gasteiger partial charge in [0.25, 0.3) is 0 Å². The van der Waals surface area contributed by atoms with Crippen molar-refractivity contribution in [2.45, 2.75) is 116 Å². The van der Waals surface area contributed by atoms with Gasteiger partial charge in [-0.15, -0.1) is 0 Å². The van der Waals surface area contributed by atoms with Crippen LogP contribution < -0.4 is 0 Å². The van der Waals surface area contributed by atoms with Crippen molar-refractivity contribution in [2.75, 3.05) is 6.61 Å². The molecule has 0 aromatic rings. The van der Waals surface area contributed by atoms with E-state index in [0.29, 0.717) is 6.42 Å². The Morgan fingerprint density at radius 3 is 1.50 bits per heavy atom. The highest BCUT2D eigenvalue weighted by atomic mass is 28.1. The van der Waals surface area contributed by atoms with Crippen LogP contribution >= 0.6 is 0 Å². The number of carboxylic acids is 1. The van der Waals surface area contributed by atoms with Crippen molar-refractivity contribution < 1.29 is 20.1 Å². The van der Waals surface area contributed by atoms with Crippen molar-refractivity contribution in [1.82, 2.24) is 0 Å². The van der Waals surface area contributed by atoms with E-state index in [1.807, 2.05) is 0 Å². The maximum absolute atomic E-state index is 11.1. The van der Waals surface area contributed by atoms with Crippen LogP contribution in [0.3, 0.4) is 0 Å². The molecule has 0 heterocycles. The second-order valence-electron chi connectivity index (χ2n) is 7.49. The third-order valence-corrected chi connectivity index (χ3v) is 5.02. The van der Waals surface area contributed by atoms with E-state index < -0.39 is 18.0 Å². The number of unbranched alkanes of at least 4 members (excludes halogenated alkanes) is 13. The Morgan fingerprint density at radius 1 is 0.769 bits per heavy atom. The number of rotatable bonds is 19. The van der Waals surface area contributed by atoms with E-state index in [2.05, 4.69) is 6.92 Å². The summed E-state index contributed by atoms with van der Waals surface area (Å²) >= 11 is 0. The van der Waals surface area contributed by atoms with Gasteiger partial charge in [-0.05, 0) is 23.8 Å². The minimum Gasteiger partial charge on any atom is -0.481 e. The molecule has 0 rings (SSSR count). The summed E-state index contributed by atoms with van der Waals surface area (Å²) in [7, 11) is 0. The number of aliphatic hydroxyl groups excluding tert-OH is 2. The third-order valence-electron chi connectivity index (χ3n) is 5.02. The van der Waals surface area contributed by atoms with Crippen LogP contribution in [0.15, 0.2) is 0 Å². The molecule has 0 saturated heterocycles. The predicted molar refractivity (Wildman–Crippen MR) is 115 cm³/mol. The first-order valence-corrected chi connectivity index (χ1v) is 10.6. The largest absolute Gasteiger partial charge is 0.481 e. The molecule has 0 amide bonds. The Kier molecular flexibility index (Phi) is 22.4. The van der Waals surface area contributed by atoms with Crippen LogP contribution in [0.25, 0.3) is 0 Å². The predicted octanol–water partition coefficient (Wildman–Crippen LogP) is 3.85. The molecule has 0 fully saturated rings. The van der Waals surface area contributed by atoms with Crippen molar-refractivity contribution in [2.24, 2.45) is 5.92 Å². The Balaban J connectivity index is 0. The zero-order valence-electron chi connectivity index (χ0n) is 16.4. The lowest BCUT2D eigenvalue weighted by Crippen LogP contribution is -2.23. The van der Waals surface area contributed by atoms with Crippen molar-refractivity contribution in [3.63, 3.8) is 0 Å².